The number of para-hydroxylation sites is 1. The summed E-state index contributed by atoms with van der Waals surface area (Å²) in [6, 6.07) is 18.6. The highest BCUT2D eigenvalue weighted by molar-refractivity contribution is 7.90. The molecule has 0 aliphatic rings. The van der Waals surface area contributed by atoms with Gasteiger partial charge in [-0.15, -0.1) is 0 Å². The number of aryl methyl sites for hydroxylation is 2. The Kier molecular flexibility index (Phi) is 4.35. The van der Waals surface area contributed by atoms with Gasteiger partial charge >= 0.3 is 0 Å². The van der Waals surface area contributed by atoms with Gasteiger partial charge in [0.1, 0.15) is 5.69 Å². The Morgan fingerprint density at radius 1 is 0.929 bits per heavy atom. The molecule has 4 rings (SSSR count). The molecular formula is C22H18N2O3S. The molecule has 0 atom stereocenters. The van der Waals surface area contributed by atoms with E-state index in [1.807, 2.05) is 13.0 Å². The minimum absolute atomic E-state index is 0.104. The summed E-state index contributed by atoms with van der Waals surface area (Å²) >= 11 is 0. The van der Waals surface area contributed by atoms with E-state index in [1.165, 1.54) is 0 Å². The lowest BCUT2D eigenvalue weighted by Crippen LogP contribution is -2.19. The predicted molar refractivity (Wildman–Crippen MR) is 108 cm³/mol. The molecule has 0 fully saturated rings. The molecule has 0 saturated heterocycles. The van der Waals surface area contributed by atoms with Crippen LogP contribution in [0.3, 0.4) is 0 Å². The standard InChI is InChI=1S/C22H18N2O3S/c1-15-7-9-19(10-8-15)28(26,27)24-20-6-4-3-5-17(20)14-21(24)22(25)18-11-12-23-16(2)13-18/h3-14H,1-2H3. The van der Waals surface area contributed by atoms with Gasteiger partial charge in [0.15, 0.2) is 0 Å². The Morgan fingerprint density at radius 2 is 1.64 bits per heavy atom. The Bertz CT molecular complexity index is 1300. The molecule has 0 aliphatic carbocycles. The van der Waals surface area contributed by atoms with Crippen LogP contribution in [-0.4, -0.2) is 23.2 Å². The van der Waals surface area contributed by atoms with Crippen LogP contribution in [0.15, 0.2) is 77.8 Å². The van der Waals surface area contributed by atoms with Crippen molar-refractivity contribution in [3.63, 3.8) is 0 Å². The first-order valence-electron chi connectivity index (χ1n) is 8.78. The molecule has 0 radical (unpaired) electrons. The van der Waals surface area contributed by atoms with Crippen LogP contribution < -0.4 is 0 Å². The van der Waals surface area contributed by atoms with Gasteiger partial charge in [-0.05, 0) is 50.2 Å². The van der Waals surface area contributed by atoms with Gasteiger partial charge in [0.2, 0.25) is 5.78 Å². The molecule has 4 aromatic rings. The molecule has 0 saturated carbocycles. The van der Waals surface area contributed by atoms with Crippen molar-refractivity contribution in [3.05, 3.63) is 95.4 Å². The third kappa shape index (κ3) is 3.01. The number of carbonyl (C=O) groups is 1. The third-order valence-corrected chi connectivity index (χ3v) is 6.36. The van der Waals surface area contributed by atoms with Gasteiger partial charge in [-0.2, -0.15) is 0 Å². The zero-order chi connectivity index (χ0) is 19.9. The van der Waals surface area contributed by atoms with Gasteiger partial charge in [0, 0.05) is 22.8 Å². The summed E-state index contributed by atoms with van der Waals surface area (Å²) in [6.45, 7) is 3.68. The summed E-state index contributed by atoms with van der Waals surface area (Å²) in [5.41, 5.74) is 2.62. The van der Waals surface area contributed by atoms with Gasteiger partial charge in [0.05, 0.1) is 10.4 Å². The summed E-state index contributed by atoms with van der Waals surface area (Å²) < 4.78 is 28.0. The lowest BCUT2D eigenvalue weighted by molar-refractivity contribution is 0.103. The monoisotopic (exact) mass is 390 g/mol. The second-order valence-electron chi connectivity index (χ2n) is 6.69. The summed E-state index contributed by atoms with van der Waals surface area (Å²) in [4.78, 5) is 17.5. The van der Waals surface area contributed by atoms with E-state index < -0.39 is 10.0 Å². The molecule has 0 unspecified atom stereocenters. The van der Waals surface area contributed by atoms with Crippen LogP contribution in [-0.2, 0) is 10.0 Å². The molecule has 5 nitrogen and oxygen atoms in total. The molecule has 2 aromatic carbocycles. The fourth-order valence-electron chi connectivity index (χ4n) is 3.20. The first kappa shape index (κ1) is 18.1. The molecule has 2 heterocycles. The molecule has 0 bridgehead atoms. The average Bonchev–Trinajstić information content (AvgIpc) is 3.08. The topological polar surface area (TPSA) is 69.0 Å². The number of pyridine rings is 1. The summed E-state index contributed by atoms with van der Waals surface area (Å²) in [5.74, 6) is -0.364. The SMILES string of the molecule is Cc1ccc(S(=O)(=O)n2c(C(=O)c3ccnc(C)c3)cc3ccccc32)cc1. The normalized spacial score (nSPS) is 11.6. The highest BCUT2D eigenvalue weighted by Crippen LogP contribution is 2.27. The Balaban J connectivity index is 1.98. The molecule has 0 spiro atoms. The summed E-state index contributed by atoms with van der Waals surface area (Å²) in [6.07, 6.45) is 1.55. The van der Waals surface area contributed by atoms with Gasteiger partial charge < -0.3 is 0 Å². The van der Waals surface area contributed by atoms with E-state index in [9.17, 15) is 13.2 Å². The highest BCUT2D eigenvalue weighted by Gasteiger charge is 2.27. The maximum absolute atomic E-state index is 13.4. The number of benzene rings is 2. The van der Waals surface area contributed by atoms with Crippen molar-refractivity contribution in [2.24, 2.45) is 0 Å². The molecule has 140 valence electrons. The van der Waals surface area contributed by atoms with Crippen molar-refractivity contribution >= 4 is 26.7 Å². The van der Waals surface area contributed by atoms with Gasteiger partial charge in [-0.3, -0.25) is 9.78 Å². The van der Waals surface area contributed by atoms with Crippen molar-refractivity contribution in [2.75, 3.05) is 0 Å². The molecule has 6 heteroatoms. The fraction of sp³-hybridized carbons (Fsp3) is 0.0909. The number of ketones is 1. The van der Waals surface area contributed by atoms with Crippen LogP contribution in [0, 0.1) is 13.8 Å². The molecule has 0 aliphatic heterocycles. The number of fused-ring (bicyclic) bond motifs is 1. The maximum atomic E-state index is 13.4. The lowest BCUT2D eigenvalue weighted by atomic mass is 10.1. The van der Waals surface area contributed by atoms with Gasteiger partial charge in [0.25, 0.3) is 10.0 Å². The number of rotatable bonds is 4. The minimum atomic E-state index is -3.95. The van der Waals surface area contributed by atoms with E-state index in [-0.39, 0.29) is 16.4 Å². The average molecular weight is 390 g/mol. The van der Waals surface area contributed by atoms with Gasteiger partial charge in [-0.1, -0.05) is 35.9 Å². The first-order valence-corrected chi connectivity index (χ1v) is 10.2. The highest BCUT2D eigenvalue weighted by atomic mass is 32.2. The van der Waals surface area contributed by atoms with Gasteiger partial charge in [-0.25, -0.2) is 12.4 Å². The summed E-state index contributed by atoms with van der Waals surface area (Å²) in [5, 5.41) is 0.687. The first-order chi connectivity index (χ1) is 13.4. The van der Waals surface area contributed by atoms with E-state index in [2.05, 4.69) is 4.98 Å². The quantitative estimate of drug-likeness (QED) is 0.492. The lowest BCUT2D eigenvalue weighted by Gasteiger charge is -2.12. The Hall–Kier alpha value is -3.25. The van der Waals surface area contributed by atoms with Crippen molar-refractivity contribution in [1.29, 1.82) is 0 Å². The van der Waals surface area contributed by atoms with Crippen LogP contribution in [0.4, 0.5) is 0 Å². The summed E-state index contributed by atoms with van der Waals surface area (Å²) in [7, 11) is -3.95. The van der Waals surface area contributed by atoms with Crippen LogP contribution >= 0.6 is 0 Å². The van der Waals surface area contributed by atoms with E-state index in [4.69, 9.17) is 0 Å². The number of hydrogen-bond acceptors (Lipinski definition) is 4. The van der Waals surface area contributed by atoms with Crippen LogP contribution in [0.5, 0.6) is 0 Å². The molecular weight excluding hydrogens is 372 g/mol. The van der Waals surface area contributed by atoms with E-state index in [0.717, 1.165) is 9.54 Å². The maximum Gasteiger partial charge on any atom is 0.268 e. The van der Waals surface area contributed by atoms with E-state index >= 15 is 0 Å². The number of carbonyl (C=O) groups excluding carboxylic acids is 1. The number of nitrogens with zero attached hydrogens (tertiary/aromatic N) is 2. The van der Waals surface area contributed by atoms with E-state index in [0.29, 0.717) is 22.2 Å². The zero-order valence-electron chi connectivity index (χ0n) is 15.5. The fourth-order valence-corrected chi connectivity index (χ4v) is 4.71. The predicted octanol–water partition coefficient (Wildman–Crippen LogP) is 4.12. The Morgan fingerprint density at radius 3 is 2.36 bits per heavy atom. The van der Waals surface area contributed by atoms with Crippen molar-refractivity contribution < 1.29 is 13.2 Å². The zero-order valence-corrected chi connectivity index (χ0v) is 16.3. The second-order valence-corrected chi connectivity index (χ2v) is 8.47. The second kappa shape index (κ2) is 6.73. The molecule has 2 aromatic heterocycles. The molecule has 28 heavy (non-hydrogen) atoms. The smallest absolute Gasteiger partial charge is 0.268 e. The van der Waals surface area contributed by atoms with Crippen LogP contribution in [0.1, 0.15) is 27.3 Å². The third-order valence-electron chi connectivity index (χ3n) is 4.62. The molecule has 0 N–H and O–H groups in total. The number of hydrogen-bond donors (Lipinski definition) is 0. The minimum Gasteiger partial charge on any atom is -0.287 e. The molecule has 0 amide bonds. The van der Waals surface area contributed by atoms with Crippen molar-refractivity contribution in [3.8, 4) is 0 Å². The van der Waals surface area contributed by atoms with Crippen molar-refractivity contribution in [1.82, 2.24) is 8.96 Å². The van der Waals surface area contributed by atoms with Crippen LogP contribution in [0.2, 0.25) is 0 Å². The van der Waals surface area contributed by atoms with Crippen LogP contribution in [0.25, 0.3) is 10.9 Å². The van der Waals surface area contributed by atoms with Crippen molar-refractivity contribution in [2.45, 2.75) is 18.7 Å². The van der Waals surface area contributed by atoms with E-state index in [1.54, 1.807) is 73.8 Å². The number of aromatic nitrogens is 2. The largest absolute Gasteiger partial charge is 0.287 e. The Labute approximate surface area is 163 Å².